The van der Waals surface area contributed by atoms with Gasteiger partial charge in [0.15, 0.2) is 5.78 Å². The fourth-order valence-corrected chi connectivity index (χ4v) is 5.92. The maximum absolute atomic E-state index is 13.5. The molecular weight excluding hydrogens is 332 g/mol. The van der Waals surface area contributed by atoms with Crippen LogP contribution in [0.25, 0.3) is 0 Å². The predicted octanol–water partition coefficient (Wildman–Crippen LogP) is 2.24. The third kappa shape index (κ3) is 2.89. The Morgan fingerprint density at radius 2 is 1.96 bits per heavy atom. The topological polar surface area (TPSA) is 91.7 Å². The van der Waals surface area contributed by atoms with E-state index >= 15 is 0 Å². The quantitative estimate of drug-likeness (QED) is 0.732. The normalized spacial score (nSPS) is 40.3. The van der Waals surface area contributed by atoms with E-state index in [0.717, 1.165) is 12.0 Å². The van der Waals surface area contributed by atoms with Crippen LogP contribution >= 0.6 is 0 Å². The number of rotatable bonds is 5. The van der Waals surface area contributed by atoms with Crippen LogP contribution in [-0.4, -0.2) is 40.8 Å². The highest BCUT2D eigenvalue weighted by Gasteiger charge is 2.56. The fourth-order valence-electron chi connectivity index (χ4n) is 5.92. The molecule has 26 heavy (non-hydrogen) atoms. The smallest absolute Gasteiger partial charge is 0.161 e. The zero-order valence-corrected chi connectivity index (χ0v) is 15.8. The molecule has 2 fully saturated rings. The lowest BCUT2D eigenvalue weighted by Crippen LogP contribution is -2.47. The SMILES string of the molecule is CC12CCC(=O)CC1=CCC(C1CCC(C(=O)CO)C1(C)CCO)C2=O. The van der Waals surface area contributed by atoms with Crippen LogP contribution in [0, 0.1) is 28.6 Å². The second kappa shape index (κ2) is 7.01. The number of hydrogen-bond donors (Lipinski definition) is 2. The number of fused-ring (bicyclic) bond motifs is 1. The summed E-state index contributed by atoms with van der Waals surface area (Å²) < 4.78 is 0. The van der Waals surface area contributed by atoms with Crippen LogP contribution in [-0.2, 0) is 14.4 Å². The zero-order valence-electron chi connectivity index (χ0n) is 15.8. The first-order valence-corrected chi connectivity index (χ1v) is 9.78. The minimum Gasteiger partial charge on any atom is -0.396 e. The summed E-state index contributed by atoms with van der Waals surface area (Å²) in [4.78, 5) is 37.5. The summed E-state index contributed by atoms with van der Waals surface area (Å²) in [5.41, 5.74) is -0.0586. The molecule has 0 radical (unpaired) electrons. The molecule has 0 saturated heterocycles. The monoisotopic (exact) mass is 362 g/mol. The number of Topliss-reactive ketones (excluding diaryl/α,β-unsaturated/α-hetero) is 3. The maximum Gasteiger partial charge on any atom is 0.161 e. The molecule has 2 saturated carbocycles. The van der Waals surface area contributed by atoms with Crippen molar-refractivity contribution in [1.29, 1.82) is 0 Å². The van der Waals surface area contributed by atoms with Gasteiger partial charge in [0.1, 0.15) is 18.2 Å². The van der Waals surface area contributed by atoms with Gasteiger partial charge in [-0.3, -0.25) is 14.4 Å². The highest BCUT2D eigenvalue weighted by atomic mass is 16.3. The van der Waals surface area contributed by atoms with Gasteiger partial charge in [0.05, 0.1) is 0 Å². The Labute approximate surface area is 154 Å². The highest BCUT2D eigenvalue weighted by Crippen LogP contribution is 2.57. The van der Waals surface area contributed by atoms with Crippen LogP contribution in [0.5, 0.6) is 0 Å². The lowest BCUT2D eigenvalue weighted by atomic mass is 9.56. The molecule has 5 unspecified atom stereocenters. The number of aliphatic hydroxyl groups excluding tert-OH is 2. The number of allylic oxidation sites excluding steroid dienone is 2. The van der Waals surface area contributed by atoms with Gasteiger partial charge in [-0.2, -0.15) is 0 Å². The van der Waals surface area contributed by atoms with E-state index in [1.807, 2.05) is 13.8 Å². The Kier molecular flexibility index (Phi) is 5.24. The summed E-state index contributed by atoms with van der Waals surface area (Å²) in [6.07, 6.45) is 6.01. The molecule has 0 amide bonds. The van der Waals surface area contributed by atoms with Gasteiger partial charge in [-0.05, 0) is 50.4 Å². The van der Waals surface area contributed by atoms with Crippen LogP contribution in [0.2, 0.25) is 0 Å². The number of ketones is 3. The number of aliphatic hydroxyl groups is 2. The molecule has 3 rings (SSSR count). The van der Waals surface area contributed by atoms with E-state index in [-0.39, 0.29) is 41.7 Å². The fraction of sp³-hybridized carbons (Fsp3) is 0.762. The van der Waals surface area contributed by atoms with Gasteiger partial charge in [-0.25, -0.2) is 0 Å². The summed E-state index contributed by atoms with van der Waals surface area (Å²) in [6.45, 7) is 3.45. The first kappa shape index (κ1) is 19.4. The Bertz CT molecular complexity index is 651. The van der Waals surface area contributed by atoms with E-state index in [9.17, 15) is 24.6 Å². The molecule has 0 aliphatic heterocycles. The molecule has 2 N–H and O–H groups in total. The van der Waals surface area contributed by atoms with Crippen LogP contribution in [0.3, 0.4) is 0 Å². The van der Waals surface area contributed by atoms with Gasteiger partial charge in [0.25, 0.3) is 0 Å². The average Bonchev–Trinajstić information content (AvgIpc) is 2.94. The van der Waals surface area contributed by atoms with Gasteiger partial charge in [0.2, 0.25) is 0 Å². The van der Waals surface area contributed by atoms with Crippen LogP contribution in [0.4, 0.5) is 0 Å². The molecule has 0 aromatic rings. The van der Waals surface area contributed by atoms with Crippen molar-refractivity contribution in [2.45, 2.75) is 58.8 Å². The van der Waals surface area contributed by atoms with E-state index in [4.69, 9.17) is 0 Å². The van der Waals surface area contributed by atoms with Gasteiger partial charge in [-0.15, -0.1) is 0 Å². The summed E-state index contributed by atoms with van der Waals surface area (Å²) in [6, 6.07) is 0. The maximum atomic E-state index is 13.5. The second-order valence-electron chi connectivity index (χ2n) is 8.82. The Morgan fingerprint density at radius 3 is 2.62 bits per heavy atom. The number of hydrogen-bond acceptors (Lipinski definition) is 5. The average molecular weight is 362 g/mol. The summed E-state index contributed by atoms with van der Waals surface area (Å²) in [7, 11) is 0. The third-order valence-corrected chi connectivity index (χ3v) is 7.59. The van der Waals surface area contributed by atoms with Crippen molar-refractivity contribution in [3.63, 3.8) is 0 Å². The van der Waals surface area contributed by atoms with Crippen molar-refractivity contribution in [3.05, 3.63) is 11.6 Å². The molecule has 0 heterocycles. The van der Waals surface area contributed by atoms with Gasteiger partial charge < -0.3 is 10.2 Å². The molecular formula is C21H30O5. The Morgan fingerprint density at radius 1 is 1.23 bits per heavy atom. The summed E-state index contributed by atoms with van der Waals surface area (Å²) in [5.74, 6) is -0.228. The predicted molar refractivity (Wildman–Crippen MR) is 96.3 cm³/mol. The van der Waals surface area contributed by atoms with Crippen molar-refractivity contribution >= 4 is 17.3 Å². The van der Waals surface area contributed by atoms with Crippen molar-refractivity contribution in [1.82, 2.24) is 0 Å². The standard InChI is InChI=1S/C21H30O5/c1-20-8-7-14(24)11-13(20)3-4-15(19(20)26)16-5-6-17(18(25)12-23)21(16,2)9-10-22/h3,15-17,22-23H,4-12H2,1-2H3. The molecule has 0 spiro atoms. The Balaban J connectivity index is 1.92. The van der Waals surface area contributed by atoms with Crippen molar-refractivity contribution in [2.24, 2.45) is 28.6 Å². The largest absolute Gasteiger partial charge is 0.396 e. The van der Waals surface area contributed by atoms with E-state index < -0.39 is 17.4 Å². The zero-order chi connectivity index (χ0) is 19.1. The van der Waals surface area contributed by atoms with Crippen molar-refractivity contribution < 1.29 is 24.6 Å². The highest BCUT2D eigenvalue weighted by molar-refractivity contribution is 5.96. The molecule has 0 aromatic heterocycles. The Hall–Kier alpha value is -1.33. The summed E-state index contributed by atoms with van der Waals surface area (Å²) in [5, 5.41) is 18.9. The molecule has 0 aromatic carbocycles. The van der Waals surface area contributed by atoms with Crippen molar-refractivity contribution in [3.8, 4) is 0 Å². The van der Waals surface area contributed by atoms with Crippen LogP contribution in [0.1, 0.15) is 58.8 Å². The first-order valence-electron chi connectivity index (χ1n) is 9.78. The van der Waals surface area contributed by atoms with Crippen LogP contribution in [0.15, 0.2) is 11.6 Å². The van der Waals surface area contributed by atoms with E-state index in [0.29, 0.717) is 38.5 Å². The van der Waals surface area contributed by atoms with E-state index in [1.165, 1.54) is 0 Å². The molecule has 144 valence electrons. The van der Waals surface area contributed by atoms with Gasteiger partial charge in [-0.1, -0.05) is 18.6 Å². The molecule has 3 aliphatic rings. The lowest BCUT2D eigenvalue weighted by Gasteiger charge is -2.46. The molecule has 0 bridgehead atoms. The molecule has 5 nitrogen and oxygen atoms in total. The minimum atomic E-state index is -0.559. The van der Waals surface area contributed by atoms with Crippen LogP contribution < -0.4 is 0 Å². The van der Waals surface area contributed by atoms with E-state index in [2.05, 4.69) is 6.08 Å². The van der Waals surface area contributed by atoms with E-state index in [1.54, 1.807) is 0 Å². The summed E-state index contributed by atoms with van der Waals surface area (Å²) >= 11 is 0. The minimum absolute atomic E-state index is 0.0231. The molecule has 5 atom stereocenters. The third-order valence-electron chi connectivity index (χ3n) is 7.59. The second-order valence-corrected chi connectivity index (χ2v) is 8.82. The molecule has 5 heteroatoms. The van der Waals surface area contributed by atoms with Gasteiger partial charge in [0, 0.05) is 36.7 Å². The molecule has 3 aliphatic carbocycles. The van der Waals surface area contributed by atoms with Crippen molar-refractivity contribution in [2.75, 3.05) is 13.2 Å². The first-order chi connectivity index (χ1) is 12.3. The van der Waals surface area contributed by atoms with Gasteiger partial charge >= 0.3 is 0 Å². The lowest BCUT2D eigenvalue weighted by molar-refractivity contribution is -0.139. The number of carbonyl (C=O) groups excluding carboxylic acids is 3. The number of carbonyl (C=O) groups is 3.